The van der Waals surface area contributed by atoms with Gasteiger partial charge in [-0.3, -0.25) is 0 Å². The Balaban J connectivity index is 2.00. The van der Waals surface area contributed by atoms with E-state index in [0.29, 0.717) is 0 Å². The lowest BCUT2D eigenvalue weighted by atomic mass is 10.1. The smallest absolute Gasteiger partial charge is 0.315 e. The molecule has 0 spiro atoms. The Hall–Kier alpha value is -1.16. The van der Waals surface area contributed by atoms with Gasteiger partial charge in [-0.2, -0.15) is 0 Å². The van der Waals surface area contributed by atoms with Crippen LogP contribution in [0.4, 0.5) is 4.79 Å². The monoisotopic (exact) mass is 250 g/mol. The molecule has 0 bridgehead atoms. The Kier molecular flexibility index (Phi) is 3.33. The lowest BCUT2D eigenvalue weighted by Gasteiger charge is -2.22. The molecule has 1 aliphatic heterocycles. The average Bonchev–Trinajstić information content (AvgIpc) is 2.59. The van der Waals surface area contributed by atoms with Gasteiger partial charge in [-0.25, -0.2) is 4.79 Å². The molecule has 1 aromatic carbocycles. The van der Waals surface area contributed by atoms with Crippen LogP contribution in [-0.4, -0.2) is 17.3 Å². The molecular weight excluding hydrogens is 232 g/mol. The minimum Gasteiger partial charge on any atom is -0.334 e. The van der Waals surface area contributed by atoms with Gasteiger partial charge in [0.05, 0.1) is 6.04 Å². The molecule has 2 rings (SSSR count). The zero-order valence-electron chi connectivity index (χ0n) is 10.4. The molecule has 0 unspecified atom stereocenters. The third-order valence-corrected chi connectivity index (χ3v) is 3.68. The third-order valence-electron chi connectivity index (χ3n) is 2.49. The summed E-state index contributed by atoms with van der Waals surface area (Å²) < 4.78 is 0. The van der Waals surface area contributed by atoms with E-state index in [1.165, 1.54) is 10.5 Å². The fraction of sp³-hybridized carbons (Fsp3) is 0.462. The summed E-state index contributed by atoms with van der Waals surface area (Å²) in [7, 11) is 0. The standard InChI is InChI=1S/C13H18N2OS/c1-13(2,3)15-12(16)14-10-8-17-11-7-5-4-6-9(10)11/h4-7,10H,8H2,1-3H3,(H2,14,15,16)/t10-/m0/s1. The third kappa shape index (κ3) is 3.16. The van der Waals surface area contributed by atoms with E-state index < -0.39 is 0 Å². The van der Waals surface area contributed by atoms with E-state index in [9.17, 15) is 4.79 Å². The van der Waals surface area contributed by atoms with Crippen LogP contribution in [0, 0.1) is 0 Å². The van der Waals surface area contributed by atoms with Crippen LogP contribution in [0.3, 0.4) is 0 Å². The molecule has 0 radical (unpaired) electrons. The van der Waals surface area contributed by atoms with Gasteiger partial charge >= 0.3 is 6.03 Å². The Morgan fingerprint density at radius 3 is 2.76 bits per heavy atom. The molecule has 92 valence electrons. The van der Waals surface area contributed by atoms with Gasteiger partial charge in [-0.1, -0.05) is 18.2 Å². The Labute approximate surface area is 106 Å². The van der Waals surface area contributed by atoms with E-state index in [1.807, 2.05) is 32.9 Å². The summed E-state index contributed by atoms with van der Waals surface area (Å²) in [5.74, 6) is 0.914. The molecule has 4 heteroatoms. The fourth-order valence-corrected chi connectivity index (χ4v) is 2.98. The predicted molar refractivity (Wildman–Crippen MR) is 71.3 cm³/mol. The van der Waals surface area contributed by atoms with Crippen LogP contribution >= 0.6 is 11.8 Å². The van der Waals surface area contributed by atoms with Gasteiger partial charge < -0.3 is 10.6 Å². The van der Waals surface area contributed by atoms with Crippen molar-refractivity contribution in [1.29, 1.82) is 0 Å². The van der Waals surface area contributed by atoms with Crippen LogP contribution in [0.2, 0.25) is 0 Å². The van der Waals surface area contributed by atoms with Gasteiger partial charge in [0, 0.05) is 16.2 Å². The molecule has 3 nitrogen and oxygen atoms in total. The molecule has 1 atom stereocenters. The van der Waals surface area contributed by atoms with Crippen molar-refractivity contribution in [2.75, 3.05) is 5.75 Å². The highest BCUT2D eigenvalue weighted by molar-refractivity contribution is 7.99. The molecule has 0 saturated heterocycles. The Morgan fingerprint density at radius 2 is 2.06 bits per heavy atom. The lowest BCUT2D eigenvalue weighted by molar-refractivity contribution is 0.229. The number of benzene rings is 1. The second kappa shape index (κ2) is 4.61. The van der Waals surface area contributed by atoms with Crippen molar-refractivity contribution >= 4 is 17.8 Å². The summed E-state index contributed by atoms with van der Waals surface area (Å²) in [5.41, 5.74) is 1.02. The second-order valence-electron chi connectivity index (χ2n) is 5.25. The molecule has 2 N–H and O–H groups in total. The summed E-state index contributed by atoms with van der Waals surface area (Å²) >= 11 is 1.79. The number of nitrogens with one attached hydrogen (secondary N) is 2. The number of urea groups is 1. The van der Waals surface area contributed by atoms with Gasteiger partial charge in [0.1, 0.15) is 0 Å². The van der Waals surface area contributed by atoms with Crippen molar-refractivity contribution in [3.63, 3.8) is 0 Å². The number of rotatable bonds is 1. The lowest BCUT2D eigenvalue weighted by Crippen LogP contribution is -2.47. The van der Waals surface area contributed by atoms with Crippen molar-refractivity contribution < 1.29 is 4.79 Å². The first kappa shape index (κ1) is 12.3. The van der Waals surface area contributed by atoms with Gasteiger partial charge in [-0.15, -0.1) is 11.8 Å². The van der Waals surface area contributed by atoms with E-state index in [0.717, 1.165) is 5.75 Å². The van der Waals surface area contributed by atoms with Crippen LogP contribution in [-0.2, 0) is 0 Å². The molecule has 0 aliphatic carbocycles. The highest BCUT2D eigenvalue weighted by Gasteiger charge is 2.25. The molecule has 2 amide bonds. The summed E-state index contributed by atoms with van der Waals surface area (Å²) in [4.78, 5) is 13.1. The first-order valence-electron chi connectivity index (χ1n) is 5.76. The maximum atomic E-state index is 11.8. The van der Waals surface area contributed by atoms with E-state index in [-0.39, 0.29) is 17.6 Å². The van der Waals surface area contributed by atoms with E-state index in [2.05, 4.69) is 22.8 Å². The number of carbonyl (C=O) groups is 1. The first-order valence-corrected chi connectivity index (χ1v) is 6.75. The van der Waals surface area contributed by atoms with Crippen LogP contribution in [0.15, 0.2) is 29.2 Å². The van der Waals surface area contributed by atoms with Crippen LogP contribution in [0.1, 0.15) is 32.4 Å². The minimum atomic E-state index is -0.199. The summed E-state index contributed by atoms with van der Waals surface area (Å²) in [5, 5.41) is 5.94. The topological polar surface area (TPSA) is 41.1 Å². The molecular formula is C13H18N2OS. The van der Waals surface area contributed by atoms with Crippen molar-refractivity contribution in [1.82, 2.24) is 10.6 Å². The van der Waals surface area contributed by atoms with Crippen LogP contribution in [0.25, 0.3) is 0 Å². The number of carbonyl (C=O) groups excluding carboxylic acids is 1. The van der Waals surface area contributed by atoms with Crippen molar-refractivity contribution in [2.45, 2.75) is 37.2 Å². The molecule has 0 fully saturated rings. The number of fused-ring (bicyclic) bond motifs is 1. The van der Waals surface area contributed by atoms with E-state index >= 15 is 0 Å². The first-order chi connectivity index (χ1) is 7.96. The molecule has 0 saturated carbocycles. The predicted octanol–water partition coefficient (Wildman–Crippen LogP) is 2.93. The molecule has 1 aromatic rings. The average molecular weight is 250 g/mol. The maximum absolute atomic E-state index is 11.8. The normalized spacial score (nSPS) is 18.6. The van der Waals surface area contributed by atoms with Gasteiger partial charge in [0.15, 0.2) is 0 Å². The SMILES string of the molecule is CC(C)(C)NC(=O)N[C@H]1CSc2ccccc21. The number of amides is 2. The van der Waals surface area contributed by atoms with Crippen LogP contribution < -0.4 is 10.6 Å². The minimum absolute atomic E-state index is 0.0974. The highest BCUT2D eigenvalue weighted by atomic mass is 32.2. The number of hydrogen-bond donors (Lipinski definition) is 2. The van der Waals surface area contributed by atoms with Gasteiger partial charge in [0.25, 0.3) is 0 Å². The fourth-order valence-electron chi connectivity index (χ4n) is 1.82. The Bertz CT molecular complexity index is 426. The largest absolute Gasteiger partial charge is 0.334 e. The molecule has 17 heavy (non-hydrogen) atoms. The highest BCUT2D eigenvalue weighted by Crippen LogP contribution is 2.37. The quantitative estimate of drug-likeness (QED) is 0.804. The molecule has 1 aliphatic rings. The van der Waals surface area contributed by atoms with Crippen molar-refractivity contribution in [3.8, 4) is 0 Å². The zero-order chi connectivity index (χ0) is 12.5. The summed E-state index contributed by atoms with van der Waals surface area (Å²) in [6.45, 7) is 5.93. The van der Waals surface area contributed by atoms with E-state index in [1.54, 1.807) is 11.8 Å². The van der Waals surface area contributed by atoms with Gasteiger partial charge in [0.2, 0.25) is 0 Å². The number of hydrogen-bond acceptors (Lipinski definition) is 2. The second-order valence-corrected chi connectivity index (χ2v) is 6.31. The Morgan fingerprint density at radius 1 is 1.35 bits per heavy atom. The molecule has 0 aromatic heterocycles. The number of thioether (sulfide) groups is 1. The van der Waals surface area contributed by atoms with Crippen LogP contribution in [0.5, 0.6) is 0 Å². The summed E-state index contributed by atoms with van der Waals surface area (Å²) in [6, 6.07) is 8.25. The summed E-state index contributed by atoms with van der Waals surface area (Å²) in [6.07, 6.45) is 0. The van der Waals surface area contributed by atoms with Gasteiger partial charge in [-0.05, 0) is 32.4 Å². The zero-order valence-corrected chi connectivity index (χ0v) is 11.2. The molecule has 1 heterocycles. The maximum Gasteiger partial charge on any atom is 0.315 e. The van der Waals surface area contributed by atoms with Crippen molar-refractivity contribution in [2.24, 2.45) is 0 Å². The van der Waals surface area contributed by atoms with Crippen molar-refractivity contribution in [3.05, 3.63) is 29.8 Å². The van der Waals surface area contributed by atoms with E-state index in [4.69, 9.17) is 0 Å².